The van der Waals surface area contributed by atoms with Gasteiger partial charge in [-0.1, -0.05) is 6.07 Å². The minimum Gasteiger partial charge on any atom is -0.328 e. The van der Waals surface area contributed by atoms with Crippen LogP contribution in [0.15, 0.2) is 28.3 Å². The normalized spacial score (nSPS) is 12.7. The zero-order valence-corrected chi connectivity index (χ0v) is 11.1. The van der Waals surface area contributed by atoms with Crippen molar-refractivity contribution in [3.05, 3.63) is 35.4 Å². The van der Waals surface area contributed by atoms with Crippen molar-refractivity contribution in [2.75, 3.05) is 0 Å². The monoisotopic (exact) mass is 266 g/mol. The predicted octanol–water partition coefficient (Wildman–Crippen LogP) is 2.29. The molecule has 0 aliphatic carbocycles. The number of halogens is 1. The van der Waals surface area contributed by atoms with E-state index in [0.29, 0.717) is 17.1 Å². The Labute approximate surface area is 109 Å². The first-order valence-electron chi connectivity index (χ1n) is 5.66. The highest BCUT2D eigenvalue weighted by atomic mass is 32.2. The fourth-order valence-corrected chi connectivity index (χ4v) is 2.54. The molecule has 3 N–H and O–H groups in total. The van der Waals surface area contributed by atoms with Crippen LogP contribution < -0.4 is 5.73 Å². The molecule has 1 unspecified atom stereocenters. The number of benzene rings is 1. The maximum absolute atomic E-state index is 13.8. The molecule has 0 saturated heterocycles. The third kappa shape index (κ3) is 3.08. The molecule has 0 spiro atoms. The fourth-order valence-electron chi connectivity index (χ4n) is 1.62. The van der Waals surface area contributed by atoms with Crippen molar-refractivity contribution < 1.29 is 4.39 Å². The number of nitrogens with zero attached hydrogens (tertiary/aromatic N) is 2. The largest absolute Gasteiger partial charge is 0.328 e. The van der Waals surface area contributed by atoms with Gasteiger partial charge in [-0.3, -0.25) is 5.10 Å². The molecule has 0 saturated carbocycles. The van der Waals surface area contributed by atoms with E-state index in [1.807, 2.05) is 19.9 Å². The van der Waals surface area contributed by atoms with Gasteiger partial charge < -0.3 is 5.73 Å². The second kappa shape index (κ2) is 5.49. The van der Waals surface area contributed by atoms with Crippen molar-refractivity contribution in [3.63, 3.8) is 0 Å². The predicted molar refractivity (Wildman–Crippen MR) is 69.0 cm³/mol. The Bertz CT molecular complexity index is 539. The summed E-state index contributed by atoms with van der Waals surface area (Å²) in [5.74, 6) is 0.507. The average Bonchev–Trinajstić information content (AvgIpc) is 2.69. The highest BCUT2D eigenvalue weighted by Crippen LogP contribution is 2.30. The smallest absolute Gasteiger partial charge is 0.213 e. The first-order chi connectivity index (χ1) is 8.56. The minimum absolute atomic E-state index is 0.0878. The minimum atomic E-state index is -0.232. The van der Waals surface area contributed by atoms with Crippen molar-refractivity contribution >= 4 is 11.8 Å². The van der Waals surface area contributed by atoms with Gasteiger partial charge in [0.1, 0.15) is 11.6 Å². The zero-order valence-electron chi connectivity index (χ0n) is 10.3. The molecule has 0 aliphatic rings. The van der Waals surface area contributed by atoms with Gasteiger partial charge in [-0.2, -0.15) is 0 Å². The molecule has 0 fully saturated rings. The van der Waals surface area contributed by atoms with Gasteiger partial charge in [0.25, 0.3) is 0 Å². The molecule has 0 aliphatic heterocycles. The maximum atomic E-state index is 13.8. The highest BCUT2D eigenvalue weighted by molar-refractivity contribution is 7.99. The maximum Gasteiger partial charge on any atom is 0.213 e. The van der Waals surface area contributed by atoms with Crippen molar-refractivity contribution in [2.24, 2.45) is 5.73 Å². The van der Waals surface area contributed by atoms with Gasteiger partial charge in [-0.25, -0.2) is 9.37 Å². The highest BCUT2D eigenvalue weighted by Gasteiger charge is 2.13. The quantitative estimate of drug-likeness (QED) is 0.891. The van der Waals surface area contributed by atoms with Crippen LogP contribution in [-0.2, 0) is 6.42 Å². The number of nitrogens with two attached hydrogens (primary N) is 1. The molecule has 1 aromatic carbocycles. The van der Waals surface area contributed by atoms with Crippen LogP contribution in [0, 0.1) is 12.7 Å². The first kappa shape index (κ1) is 13.0. The van der Waals surface area contributed by atoms with Crippen LogP contribution in [0.5, 0.6) is 0 Å². The molecule has 1 atom stereocenters. The van der Waals surface area contributed by atoms with Crippen LogP contribution in [0.25, 0.3) is 0 Å². The van der Waals surface area contributed by atoms with Gasteiger partial charge in [0, 0.05) is 16.5 Å². The summed E-state index contributed by atoms with van der Waals surface area (Å²) in [6.45, 7) is 3.68. The SMILES string of the molecule is Cc1nc(Sc2cccc(F)c2CC(C)N)n[nH]1. The van der Waals surface area contributed by atoms with E-state index >= 15 is 0 Å². The molecular weight excluding hydrogens is 251 g/mol. The summed E-state index contributed by atoms with van der Waals surface area (Å²) in [6.07, 6.45) is 0.498. The molecule has 4 nitrogen and oxygen atoms in total. The summed E-state index contributed by atoms with van der Waals surface area (Å²) >= 11 is 1.34. The Morgan fingerprint density at radius 2 is 2.28 bits per heavy atom. The van der Waals surface area contributed by atoms with Crippen molar-refractivity contribution in [3.8, 4) is 0 Å². The van der Waals surface area contributed by atoms with E-state index in [0.717, 1.165) is 10.7 Å². The number of aromatic amines is 1. The molecule has 96 valence electrons. The van der Waals surface area contributed by atoms with Crippen molar-refractivity contribution in [1.82, 2.24) is 15.2 Å². The Morgan fingerprint density at radius 1 is 1.50 bits per heavy atom. The van der Waals surface area contributed by atoms with Gasteiger partial charge in [0.2, 0.25) is 5.16 Å². The third-order valence-corrected chi connectivity index (χ3v) is 3.35. The molecule has 0 amide bonds. The summed E-state index contributed by atoms with van der Waals surface area (Å²) in [5, 5.41) is 7.38. The number of aromatic nitrogens is 3. The number of H-pyrrole nitrogens is 1. The molecule has 1 heterocycles. The van der Waals surface area contributed by atoms with Crippen LogP contribution >= 0.6 is 11.8 Å². The van der Waals surface area contributed by atoms with E-state index < -0.39 is 0 Å². The molecular formula is C12H15FN4S. The summed E-state index contributed by atoms with van der Waals surface area (Å²) in [4.78, 5) is 5.01. The van der Waals surface area contributed by atoms with Crippen LogP contribution in [0.2, 0.25) is 0 Å². The second-order valence-corrected chi connectivity index (χ2v) is 5.21. The first-order valence-corrected chi connectivity index (χ1v) is 6.47. The van der Waals surface area contributed by atoms with Crippen LogP contribution in [-0.4, -0.2) is 21.2 Å². The Balaban J connectivity index is 2.29. The average molecular weight is 266 g/mol. The zero-order chi connectivity index (χ0) is 13.1. The summed E-state index contributed by atoms with van der Waals surface area (Å²) in [6, 6.07) is 4.90. The number of hydrogen-bond donors (Lipinski definition) is 2. The lowest BCUT2D eigenvalue weighted by atomic mass is 10.1. The Kier molecular flexibility index (Phi) is 3.98. The van der Waals surface area contributed by atoms with Gasteiger partial charge in [-0.15, -0.1) is 5.10 Å². The lowest BCUT2D eigenvalue weighted by Gasteiger charge is -2.10. The van der Waals surface area contributed by atoms with E-state index in [1.165, 1.54) is 17.8 Å². The molecule has 1 aromatic heterocycles. The van der Waals surface area contributed by atoms with E-state index in [2.05, 4.69) is 15.2 Å². The molecule has 6 heteroatoms. The van der Waals surface area contributed by atoms with E-state index in [-0.39, 0.29) is 11.9 Å². The van der Waals surface area contributed by atoms with E-state index in [4.69, 9.17) is 5.73 Å². The Morgan fingerprint density at radius 3 is 2.89 bits per heavy atom. The molecule has 0 radical (unpaired) electrons. The van der Waals surface area contributed by atoms with E-state index in [1.54, 1.807) is 6.07 Å². The summed E-state index contributed by atoms with van der Waals surface area (Å²) in [7, 11) is 0. The summed E-state index contributed by atoms with van der Waals surface area (Å²) in [5.41, 5.74) is 6.37. The molecule has 2 rings (SSSR count). The molecule has 2 aromatic rings. The van der Waals surface area contributed by atoms with Crippen molar-refractivity contribution in [2.45, 2.75) is 36.4 Å². The Hall–Kier alpha value is -1.40. The van der Waals surface area contributed by atoms with Crippen molar-refractivity contribution in [1.29, 1.82) is 0 Å². The number of hydrogen-bond acceptors (Lipinski definition) is 4. The van der Waals surface area contributed by atoms with E-state index in [9.17, 15) is 4.39 Å². The third-order valence-electron chi connectivity index (χ3n) is 2.38. The lowest BCUT2D eigenvalue weighted by molar-refractivity contribution is 0.588. The van der Waals surface area contributed by atoms with Crippen LogP contribution in [0.1, 0.15) is 18.3 Å². The lowest BCUT2D eigenvalue weighted by Crippen LogP contribution is -2.19. The fraction of sp³-hybridized carbons (Fsp3) is 0.333. The van der Waals surface area contributed by atoms with Crippen LogP contribution in [0.3, 0.4) is 0 Å². The summed E-state index contributed by atoms with van der Waals surface area (Å²) < 4.78 is 13.8. The molecule has 0 bridgehead atoms. The van der Waals surface area contributed by atoms with Gasteiger partial charge in [0.05, 0.1) is 0 Å². The number of aryl methyl sites for hydroxylation is 1. The number of nitrogens with one attached hydrogen (secondary N) is 1. The topological polar surface area (TPSA) is 67.6 Å². The van der Waals surface area contributed by atoms with Gasteiger partial charge in [0.15, 0.2) is 0 Å². The van der Waals surface area contributed by atoms with Gasteiger partial charge in [-0.05, 0) is 44.2 Å². The molecule has 18 heavy (non-hydrogen) atoms. The second-order valence-electron chi connectivity index (χ2n) is 4.20. The van der Waals surface area contributed by atoms with Crippen LogP contribution in [0.4, 0.5) is 4.39 Å². The number of rotatable bonds is 4. The standard InChI is InChI=1S/C12H15FN4S/c1-7(14)6-9-10(13)4-3-5-11(9)18-12-15-8(2)16-17-12/h3-5,7H,6,14H2,1-2H3,(H,15,16,17). The van der Waals surface area contributed by atoms with Gasteiger partial charge >= 0.3 is 0 Å².